The highest BCUT2D eigenvalue weighted by Gasteiger charge is 2.28. The summed E-state index contributed by atoms with van der Waals surface area (Å²) in [4.78, 5) is 28.4. The van der Waals surface area contributed by atoms with Crippen molar-refractivity contribution in [3.8, 4) is 0 Å². The lowest BCUT2D eigenvalue weighted by Gasteiger charge is -2.12. The first-order chi connectivity index (χ1) is 8.59. The predicted molar refractivity (Wildman–Crippen MR) is 64.1 cm³/mol. The van der Waals surface area contributed by atoms with Crippen LogP contribution in [-0.4, -0.2) is 46.5 Å². The Morgan fingerprint density at radius 3 is 3.06 bits per heavy atom. The van der Waals surface area contributed by atoms with Crippen molar-refractivity contribution in [3.05, 3.63) is 29.6 Å². The van der Waals surface area contributed by atoms with E-state index in [1.807, 2.05) is 0 Å². The Hall–Kier alpha value is -1.95. The summed E-state index contributed by atoms with van der Waals surface area (Å²) in [5.74, 6) is -0.961. The molecule has 96 valence electrons. The highest BCUT2D eigenvalue weighted by molar-refractivity contribution is 5.88. The highest BCUT2D eigenvalue weighted by Crippen LogP contribution is 2.10. The van der Waals surface area contributed by atoms with E-state index in [1.54, 1.807) is 24.2 Å². The molecule has 0 spiro atoms. The van der Waals surface area contributed by atoms with Gasteiger partial charge in [0.2, 0.25) is 5.91 Å². The molecule has 6 nitrogen and oxygen atoms in total. The summed E-state index contributed by atoms with van der Waals surface area (Å²) in [7, 11) is 1.76. The first-order valence-corrected chi connectivity index (χ1v) is 5.75. The molecule has 1 aliphatic rings. The van der Waals surface area contributed by atoms with Crippen LogP contribution in [-0.2, 0) is 11.3 Å². The van der Waals surface area contributed by atoms with Crippen molar-refractivity contribution >= 4 is 11.9 Å². The SMILES string of the molecule is CN1CCC(NCc2ncccc2C(=O)O)C1=O. The minimum absolute atomic E-state index is 0.0443. The lowest BCUT2D eigenvalue weighted by atomic mass is 10.1. The summed E-state index contributed by atoms with van der Waals surface area (Å²) in [5.41, 5.74) is 0.621. The van der Waals surface area contributed by atoms with Gasteiger partial charge < -0.3 is 15.3 Å². The van der Waals surface area contributed by atoms with E-state index in [1.165, 1.54) is 6.07 Å². The average molecular weight is 249 g/mol. The quantitative estimate of drug-likeness (QED) is 0.790. The number of nitrogens with one attached hydrogen (secondary N) is 1. The first kappa shape index (κ1) is 12.5. The van der Waals surface area contributed by atoms with Crippen LogP contribution in [0.1, 0.15) is 22.5 Å². The number of carboxylic acid groups (broad SMARTS) is 1. The molecule has 1 saturated heterocycles. The van der Waals surface area contributed by atoms with Gasteiger partial charge in [0.15, 0.2) is 0 Å². The van der Waals surface area contributed by atoms with Crippen molar-refractivity contribution < 1.29 is 14.7 Å². The van der Waals surface area contributed by atoms with Gasteiger partial charge in [0, 0.05) is 26.3 Å². The Morgan fingerprint density at radius 2 is 2.44 bits per heavy atom. The molecule has 1 atom stereocenters. The Labute approximate surface area is 105 Å². The fraction of sp³-hybridized carbons (Fsp3) is 0.417. The topological polar surface area (TPSA) is 82.5 Å². The van der Waals surface area contributed by atoms with Gasteiger partial charge in [-0.05, 0) is 18.6 Å². The number of carbonyl (C=O) groups excluding carboxylic acids is 1. The molecular weight excluding hydrogens is 234 g/mol. The molecule has 1 amide bonds. The van der Waals surface area contributed by atoms with Gasteiger partial charge in [-0.2, -0.15) is 0 Å². The van der Waals surface area contributed by atoms with Gasteiger partial charge in [-0.15, -0.1) is 0 Å². The van der Waals surface area contributed by atoms with Crippen molar-refractivity contribution in [1.29, 1.82) is 0 Å². The molecule has 1 unspecified atom stereocenters. The fourth-order valence-electron chi connectivity index (χ4n) is 2.01. The van der Waals surface area contributed by atoms with Gasteiger partial charge >= 0.3 is 5.97 Å². The van der Waals surface area contributed by atoms with Crippen LogP contribution in [0.5, 0.6) is 0 Å². The number of hydrogen-bond donors (Lipinski definition) is 2. The van der Waals surface area contributed by atoms with Crippen LogP contribution < -0.4 is 5.32 Å². The summed E-state index contributed by atoms with van der Waals surface area (Å²) in [5, 5.41) is 12.1. The normalized spacial score (nSPS) is 19.3. The maximum Gasteiger partial charge on any atom is 0.337 e. The van der Waals surface area contributed by atoms with Crippen LogP contribution >= 0.6 is 0 Å². The van der Waals surface area contributed by atoms with Gasteiger partial charge in [-0.3, -0.25) is 9.78 Å². The maximum atomic E-state index is 11.7. The first-order valence-electron chi connectivity index (χ1n) is 5.75. The second kappa shape index (κ2) is 5.14. The van der Waals surface area contributed by atoms with E-state index in [2.05, 4.69) is 10.3 Å². The molecular formula is C12H15N3O3. The summed E-state index contributed by atoms with van der Waals surface area (Å²) >= 11 is 0. The second-order valence-corrected chi connectivity index (χ2v) is 4.28. The van der Waals surface area contributed by atoms with E-state index in [0.717, 1.165) is 13.0 Å². The number of likely N-dealkylation sites (N-methyl/N-ethyl adjacent to an activating group) is 1. The molecule has 0 aliphatic carbocycles. The summed E-state index contributed by atoms with van der Waals surface area (Å²) in [6, 6.07) is 2.86. The molecule has 0 radical (unpaired) electrons. The third kappa shape index (κ3) is 2.48. The molecule has 18 heavy (non-hydrogen) atoms. The number of carboxylic acids is 1. The van der Waals surface area contributed by atoms with Gasteiger partial charge in [-0.1, -0.05) is 0 Å². The molecule has 1 aromatic rings. The van der Waals surface area contributed by atoms with Crippen LogP contribution in [0.15, 0.2) is 18.3 Å². The van der Waals surface area contributed by atoms with E-state index in [0.29, 0.717) is 5.69 Å². The average Bonchev–Trinajstić information content (AvgIpc) is 2.68. The third-order valence-electron chi connectivity index (χ3n) is 3.06. The van der Waals surface area contributed by atoms with Crippen LogP contribution in [0, 0.1) is 0 Å². The van der Waals surface area contributed by atoms with Crippen LogP contribution in [0.2, 0.25) is 0 Å². The van der Waals surface area contributed by atoms with Crippen molar-refractivity contribution in [1.82, 2.24) is 15.2 Å². The number of pyridine rings is 1. The van der Waals surface area contributed by atoms with Crippen LogP contribution in [0.25, 0.3) is 0 Å². The predicted octanol–water partition coefficient (Wildman–Crippen LogP) is 0.100. The highest BCUT2D eigenvalue weighted by atomic mass is 16.4. The van der Waals surface area contributed by atoms with Gasteiger partial charge in [-0.25, -0.2) is 4.79 Å². The van der Waals surface area contributed by atoms with Crippen molar-refractivity contribution in [2.75, 3.05) is 13.6 Å². The van der Waals surface area contributed by atoms with Gasteiger partial charge in [0.1, 0.15) is 0 Å². The molecule has 1 aromatic heterocycles. The number of hydrogen-bond acceptors (Lipinski definition) is 4. The number of rotatable bonds is 4. The van der Waals surface area contributed by atoms with E-state index in [-0.39, 0.29) is 24.1 Å². The molecule has 2 rings (SSSR count). The zero-order valence-electron chi connectivity index (χ0n) is 10.1. The van der Waals surface area contributed by atoms with E-state index >= 15 is 0 Å². The summed E-state index contributed by atoms with van der Waals surface area (Å²) in [6.45, 7) is 1.01. The summed E-state index contributed by atoms with van der Waals surface area (Å²) in [6.07, 6.45) is 2.29. The van der Waals surface area contributed by atoms with E-state index < -0.39 is 5.97 Å². The molecule has 0 bridgehead atoms. The smallest absolute Gasteiger partial charge is 0.337 e. The largest absolute Gasteiger partial charge is 0.478 e. The third-order valence-corrected chi connectivity index (χ3v) is 3.06. The number of aromatic nitrogens is 1. The van der Waals surface area contributed by atoms with E-state index in [9.17, 15) is 9.59 Å². The lowest BCUT2D eigenvalue weighted by Crippen LogP contribution is -2.36. The summed E-state index contributed by atoms with van der Waals surface area (Å²) < 4.78 is 0. The molecule has 6 heteroatoms. The molecule has 0 saturated carbocycles. The number of nitrogens with zero attached hydrogens (tertiary/aromatic N) is 2. The Balaban J connectivity index is 2.03. The monoisotopic (exact) mass is 249 g/mol. The van der Waals surface area contributed by atoms with Gasteiger partial charge in [0.25, 0.3) is 0 Å². The molecule has 2 heterocycles. The minimum Gasteiger partial charge on any atom is -0.478 e. The van der Waals surface area contributed by atoms with Crippen molar-refractivity contribution in [3.63, 3.8) is 0 Å². The second-order valence-electron chi connectivity index (χ2n) is 4.28. The molecule has 0 aromatic carbocycles. The van der Waals surface area contributed by atoms with Crippen LogP contribution in [0.4, 0.5) is 0 Å². The zero-order chi connectivity index (χ0) is 13.1. The number of amides is 1. The minimum atomic E-state index is -1.00. The van der Waals surface area contributed by atoms with Crippen molar-refractivity contribution in [2.24, 2.45) is 0 Å². The molecule has 2 N–H and O–H groups in total. The number of likely N-dealkylation sites (tertiary alicyclic amines) is 1. The zero-order valence-corrected chi connectivity index (χ0v) is 10.1. The Morgan fingerprint density at radius 1 is 1.67 bits per heavy atom. The van der Waals surface area contributed by atoms with Gasteiger partial charge in [0.05, 0.1) is 17.3 Å². The number of carbonyl (C=O) groups is 2. The van der Waals surface area contributed by atoms with Crippen molar-refractivity contribution in [2.45, 2.75) is 19.0 Å². The maximum absolute atomic E-state index is 11.7. The number of aromatic carboxylic acids is 1. The Kier molecular flexibility index (Phi) is 3.57. The standard InChI is InChI=1S/C12H15N3O3/c1-15-6-4-9(11(15)16)14-7-10-8(12(17)18)3-2-5-13-10/h2-3,5,9,14H,4,6-7H2,1H3,(H,17,18). The molecule has 1 fully saturated rings. The fourth-order valence-corrected chi connectivity index (χ4v) is 2.01. The molecule has 1 aliphatic heterocycles. The Bertz CT molecular complexity index is 475. The lowest BCUT2D eigenvalue weighted by molar-refractivity contribution is -0.128. The van der Waals surface area contributed by atoms with Crippen LogP contribution in [0.3, 0.4) is 0 Å². The van der Waals surface area contributed by atoms with E-state index in [4.69, 9.17) is 5.11 Å².